The number of rotatable bonds is 6. The largest absolute Gasteiger partial charge is 0.363 e. The molecule has 9 heteroatoms. The van der Waals surface area contributed by atoms with Gasteiger partial charge in [0.1, 0.15) is 18.5 Å². The van der Waals surface area contributed by atoms with Gasteiger partial charge in [0, 0.05) is 14.1 Å². The lowest BCUT2D eigenvalue weighted by Gasteiger charge is -2.14. The molecule has 0 aliphatic rings. The second-order valence-corrected chi connectivity index (χ2v) is 7.26. The van der Waals surface area contributed by atoms with E-state index in [1.807, 2.05) is 19.0 Å². The number of nitrogens with zero attached hydrogens (tertiary/aromatic N) is 5. The molecule has 0 saturated carbocycles. The van der Waals surface area contributed by atoms with Gasteiger partial charge in [-0.3, -0.25) is 4.72 Å². The highest BCUT2D eigenvalue weighted by Gasteiger charge is 2.19. The number of nitrogens with one attached hydrogen (secondary N) is 1. The monoisotopic (exact) mass is 358 g/mol. The van der Waals surface area contributed by atoms with E-state index in [1.54, 1.807) is 47.4 Å². The van der Waals surface area contributed by atoms with Crippen molar-refractivity contribution in [1.29, 1.82) is 0 Å². The molecule has 3 aromatic rings. The summed E-state index contributed by atoms with van der Waals surface area (Å²) in [5.74, 6) is 0.745. The molecule has 1 N–H and O–H groups in total. The zero-order valence-corrected chi connectivity index (χ0v) is 14.7. The van der Waals surface area contributed by atoms with E-state index in [2.05, 4.69) is 19.8 Å². The van der Waals surface area contributed by atoms with Crippen LogP contribution < -0.4 is 9.62 Å². The van der Waals surface area contributed by atoms with Crippen LogP contribution in [0.25, 0.3) is 0 Å². The van der Waals surface area contributed by atoms with E-state index in [1.165, 1.54) is 12.5 Å². The number of anilines is 2. The van der Waals surface area contributed by atoms with Gasteiger partial charge >= 0.3 is 0 Å². The van der Waals surface area contributed by atoms with Crippen LogP contribution in [0.5, 0.6) is 0 Å². The van der Waals surface area contributed by atoms with Gasteiger partial charge in [0.15, 0.2) is 0 Å². The Morgan fingerprint density at radius 2 is 1.96 bits per heavy atom. The third-order valence-electron chi connectivity index (χ3n) is 3.52. The number of pyridine rings is 1. The average Bonchev–Trinajstić information content (AvgIpc) is 3.08. The van der Waals surface area contributed by atoms with Crippen molar-refractivity contribution in [3.05, 3.63) is 60.8 Å². The van der Waals surface area contributed by atoms with Crippen LogP contribution in [0, 0.1) is 0 Å². The zero-order valence-electron chi connectivity index (χ0n) is 13.9. The molecule has 0 atom stereocenters. The van der Waals surface area contributed by atoms with E-state index in [-0.39, 0.29) is 4.90 Å². The molecular formula is C16H18N6O2S. The van der Waals surface area contributed by atoms with Gasteiger partial charge in [-0.1, -0.05) is 18.2 Å². The van der Waals surface area contributed by atoms with Crippen LogP contribution >= 0.6 is 0 Å². The zero-order chi connectivity index (χ0) is 17.9. The average molecular weight is 358 g/mol. The molecule has 0 fully saturated rings. The van der Waals surface area contributed by atoms with Gasteiger partial charge in [-0.25, -0.2) is 23.1 Å². The van der Waals surface area contributed by atoms with E-state index in [0.29, 0.717) is 17.8 Å². The fraction of sp³-hybridized carbons (Fsp3) is 0.188. The van der Waals surface area contributed by atoms with Crippen LogP contribution in [-0.4, -0.2) is 42.3 Å². The summed E-state index contributed by atoms with van der Waals surface area (Å²) in [6.45, 7) is 0.314. The minimum absolute atomic E-state index is 0.196. The first-order valence-corrected chi connectivity index (χ1v) is 9.00. The summed E-state index contributed by atoms with van der Waals surface area (Å²) >= 11 is 0. The van der Waals surface area contributed by atoms with Gasteiger partial charge < -0.3 is 4.90 Å². The van der Waals surface area contributed by atoms with Crippen LogP contribution in [0.1, 0.15) is 5.56 Å². The molecule has 0 amide bonds. The SMILES string of the molecule is CN(C)c1ccc(NS(=O)(=O)c2ccccc2Cn2cncn2)cn1. The number of benzene rings is 1. The molecule has 2 heterocycles. The highest BCUT2D eigenvalue weighted by Crippen LogP contribution is 2.21. The van der Waals surface area contributed by atoms with Crippen LogP contribution in [0.4, 0.5) is 11.5 Å². The van der Waals surface area contributed by atoms with Crippen molar-refractivity contribution in [1.82, 2.24) is 19.7 Å². The van der Waals surface area contributed by atoms with Gasteiger partial charge in [0.25, 0.3) is 10.0 Å². The van der Waals surface area contributed by atoms with Crippen LogP contribution in [-0.2, 0) is 16.6 Å². The number of aromatic nitrogens is 4. The first kappa shape index (κ1) is 16.9. The van der Waals surface area contributed by atoms with Crippen molar-refractivity contribution in [2.24, 2.45) is 0 Å². The molecule has 0 aliphatic heterocycles. The molecular weight excluding hydrogens is 340 g/mol. The molecule has 3 rings (SSSR count). The molecule has 0 spiro atoms. The normalized spacial score (nSPS) is 11.3. The maximum atomic E-state index is 12.8. The topological polar surface area (TPSA) is 93.0 Å². The molecule has 130 valence electrons. The quantitative estimate of drug-likeness (QED) is 0.719. The van der Waals surface area contributed by atoms with Gasteiger partial charge in [-0.05, 0) is 23.8 Å². The molecule has 8 nitrogen and oxygen atoms in total. The van der Waals surface area contributed by atoms with E-state index >= 15 is 0 Å². The first-order valence-electron chi connectivity index (χ1n) is 7.52. The van der Waals surface area contributed by atoms with E-state index in [0.717, 1.165) is 5.82 Å². The second kappa shape index (κ2) is 6.89. The Balaban J connectivity index is 1.87. The first-order chi connectivity index (χ1) is 12.0. The third kappa shape index (κ3) is 3.94. The Morgan fingerprint density at radius 3 is 2.60 bits per heavy atom. The summed E-state index contributed by atoms with van der Waals surface area (Å²) in [5, 5.41) is 4.02. The lowest BCUT2D eigenvalue weighted by molar-refractivity contribution is 0.597. The van der Waals surface area contributed by atoms with Gasteiger partial charge in [0.05, 0.1) is 23.3 Å². The fourth-order valence-corrected chi connectivity index (χ4v) is 3.58. The van der Waals surface area contributed by atoms with E-state index in [4.69, 9.17) is 0 Å². The molecule has 2 aromatic heterocycles. The highest BCUT2D eigenvalue weighted by atomic mass is 32.2. The van der Waals surface area contributed by atoms with E-state index < -0.39 is 10.0 Å². The number of sulfonamides is 1. The Kier molecular flexibility index (Phi) is 4.66. The van der Waals surface area contributed by atoms with Gasteiger partial charge in [-0.2, -0.15) is 5.10 Å². The molecule has 1 aromatic carbocycles. The van der Waals surface area contributed by atoms with Crippen molar-refractivity contribution in [2.75, 3.05) is 23.7 Å². The van der Waals surface area contributed by atoms with Crippen molar-refractivity contribution in [2.45, 2.75) is 11.4 Å². The molecule has 0 radical (unpaired) electrons. The fourth-order valence-electron chi connectivity index (χ4n) is 2.31. The molecule has 0 aliphatic carbocycles. The Hall–Kier alpha value is -2.94. The molecule has 0 unspecified atom stereocenters. The second-order valence-electron chi connectivity index (χ2n) is 5.61. The summed E-state index contributed by atoms with van der Waals surface area (Å²) < 4.78 is 29.7. The van der Waals surface area contributed by atoms with E-state index in [9.17, 15) is 8.42 Å². The van der Waals surface area contributed by atoms with Crippen LogP contribution in [0.15, 0.2) is 60.1 Å². The maximum Gasteiger partial charge on any atom is 0.262 e. The lowest BCUT2D eigenvalue weighted by Crippen LogP contribution is -2.17. The number of hydrogen-bond acceptors (Lipinski definition) is 6. The Bertz CT molecular complexity index is 937. The Morgan fingerprint density at radius 1 is 1.16 bits per heavy atom. The molecule has 0 saturated heterocycles. The van der Waals surface area contributed by atoms with Gasteiger partial charge in [0.2, 0.25) is 0 Å². The number of hydrogen-bond donors (Lipinski definition) is 1. The minimum Gasteiger partial charge on any atom is -0.363 e. The summed E-state index contributed by atoms with van der Waals surface area (Å²) in [6, 6.07) is 10.2. The maximum absolute atomic E-state index is 12.8. The molecule has 0 bridgehead atoms. The van der Waals surface area contributed by atoms with Gasteiger partial charge in [-0.15, -0.1) is 0 Å². The smallest absolute Gasteiger partial charge is 0.262 e. The van der Waals surface area contributed by atoms with Crippen molar-refractivity contribution in [3.63, 3.8) is 0 Å². The molecule has 25 heavy (non-hydrogen) atoms. The predicted octanol–water partition coefficient (Wildman–Crippen LogP) is 1.59. The minimum atomic E-state index is -3.75. The Labute approximate surface area is 146 Å². The summed E-state index contributed by atoms with van der Waals surface area (Å²) in [6.07, 6.45) is 4.45. The summed E-state index contributed by atoms with van der Waals surface area (Å²) in [7, 11) is -0.0101. The lowest BCUT2D eigenvalue weighted by atomic mass is 10.2. The van der Waals surface area contributed by atoms with Crippen molar-refractivity contribution >= 4 is 21.5 Å². The highest BCUT2D eigenvalue weighted by molar-refractivity contribution is 7.92. The van der Waals surface area contributed by atoms with Crippen LogP contribution in [0.3, 0.4) is 0 Å². The summed E-state index contributed by atoms with van der Waals surface area (Å²) in [4.78, 5) is 10.1. The standard InChI is InChI=1S/C16H18N6O2S/c1-21(2)16-8-7-14(9-18-16)20-25(23,24)15-6-4-3-5-13(15)10-22-12-17-11-19-22/h3-9,11-12,20H,10H2,1-2H3. The van der Waals surface area contributed by atoms with Crippen molar-refractivity contribution < 1.29 is 8.42 Å². The van der Waals surface area contributed by atoms with Crippen LogP contribution in [0.2, 0.25) is 0 Å². The van der Waals surface area contributed by atoms with Crippen molar-refractivity contribution in [3.8, 4) is 0 Å². The predicted molar refractivity (Wildman–Crippen MR) is 94.9 cm³/mol. The summed E-state index contributed by atoms with van der Waals surface area (Å²) in [5.41, 5.74) is 1.03. The third-order valence-corrected chi connectivity index (χ3v) is 5.00.